The quantitative estimate of drug-likeness (QED) is 0.504. The highest BCUT2D eigenvalue weighted by atomic mass is 19.4. The fraction of sp³-hybridized carbons (Fsp3) is 0.304. The van der Waals surface area contributed by atoms with E-state index in [1.54, 1.807) is 0 Å². The molecule has 2 aromatic carbocycles. The molecule has 168 valence electrons. The molecule has 2 N–H and O–H groups in total. The van der Waals surface area contributed by atoms with Crippen LogP contribution in [0.3, 0.4) is 0 Å². The van der Waals surface area contributed by atoms with Gasteiger partial charge in [0.25, 0.3) is 5.91 Å². The molecule has 4 nitrogen and oxygen atoms in total. The highest BCUT2D eigenvalue weighted by Gasteiger charge is 2.34. The van der Waals surface area contributed by atoms with E-state index in [2.05, 4.69) is 15.6 Å². The van der Waals surface area contributed by atoms with Crippen molar-refractivity contribution in [3.63, 3.8) is 0 Å². The summed E-state index contributed by atoms with van der Waals surface area (Å²) in [6.07, 6.45) is -2.17. The molecule has 1 aliphatic rings. The molecule has 1 aliphatic carbocycles. The van der Waals surface area contributed by atoms with Gasteiger partial charge in [-0.3, -0.25) is 4.79 Å². The Balaban J connectivity index is 1.44. The van der Waals surface area contributed by atoms with Crippen LogP contribution in [0.15, 0.2) is 48.5 Å². The molecule has 1 aromatic heterocycles. The zero-order valence-corrected chi connectivity index (χ0v) is 16.8. The van der Waals surface area contributed by atoms with Crippen LogP contribution in [0, 0.1) is 11.6 Å². The van der Waals surface area contributed by atoms with Crippen LogP contribution in [0.25, 0.3) is 10.9 Å². The summed E-state index contributed by atoms with van der Waals surface area (Å²) >= 11 is 0. The Morgan fingerprint density at radius 2 is 1.50 bits per heavy atom. The topological polar surface area (TPSA) is 54.0 Å². The summed E-state index contributed by atoms with van der Waals surface area (Å²) in [4.78, 5) is 15.9. The number of nitrogens with zero attached hydrogens (tertiary/aromatic N) is 1. The second-order valence-corrected chi connectivity index (χ2v) is 7.89. The number of amides is 1. The van der Waals surface area contributed by atoms with E-state index >= 15 is 0 Å². The molecule has 0 radical (unpaired) electrons. The van der Waals surface area contributed by atoms with Crippen molar-refractivity contribution in [1.82, 2.24) is 10.3 Å². The van der Waals surface area contributed by atoms with Crippen molar-refractivity contribution < 1.29 is 26.7 Å². The fourth-order valence-electron chi connectivity index (χ4n) is 3.93. The lowest BCUT2D eigenvalue weighted by Crippen LogP contribution is -2.40. The molecule has 32 heavy (non-hydrogen) atoms. The summed E-state index contributed by atoms with van der Waals surface area (Å²) < 4.78 is 66.5. The summed E-state index contributed by atoms with van der Waals surface area (Å²) in [5.41, 5.74) is -0.444. The van der Waals surface area contributed by atoms with Crippen molar-refractivity contribution in [2.24, 2.45) is 0 Å². The highest BCUT2D eigenvalue weighted by molar-refractivity contribution is 5.94. The minimum Gasteiger partial charge on any atom is -0.382 e. The monoisotopic (exact) mass is 449 g/mol. The number of fused-ring (bicyclic) bond motifs is 1. The van der Waals surface area contributed by atoms with Crippen LogP contribution in [0.5, 0.6) is 0 Å². The van der Waals surface area contributed by atoms with Crippen LogP contribution < -0.4 is 10.6 Å². The van der Waals surface area contributed by atoms with Crippen LogP contribution in [0.4, 0.5) is 27.6 Å². The molecule has 1 saturated carbocycles. The average Bonchev–Trinajstić information content (AvgIpc) is 2.75. The Morgan fingerprint density at radius 1 is 0.875 bits per heavy atom. The molecular formula is C23H20F5N3O. The van der Waals surface area contributed by atoms with Crippen molar-refractivity contribution in [3.8, 4) is 0 Å². The number of alkyl halides is 3. The highest BCUT2D eigenvalue weighted by Crippen LogP contribution is 2.34. The van der Waals surface area contributed by atoms with Gasteiger partial charge < -0.3 is 10.6 Å². The number of halogens is 5. The van der Waals surface area contributed by atoms with Crippen LogP contribution in [-0.4, -0.2) is 23.0 Å². The van der Waals surface area contributed by atoms with Gasteiger partial charge in [0.1, 0.15) is 17.3 Å². The fourth-order valence-corrected chi connectivity index (χ4v) is 3.93. The predicted octanol–water partition coefficient (Wildman–Crippen LogP) is 5.68. The maximum atomic E-state index is 13.7. The normalized spacial score (nSPS) is 19.0. The average molecular weight is 449 g/mol. The van der Waals surface area contributed by atoms with Gasteiger partial charge in [-0.1, -0.05) is 0 Å². The molecule has 4 rings (SSSR count). The molecule has 3 aromatic rings. The molecule has 0 saturated heterocycles. The molecule has 0 aliphatic heterocycles. The van der Waals surface area contributed by atoms with Gasteiger partial charge in [0.15, 0.2) is 0 Å². The first-order chi connectivity index (χ1) is 15.2. The number of aromatic nitrogens is 1. The van der Waals surface area contributed by atoms with Gasteiger partial charge in [0.2, 0.25) is 0 Å². The summed E-state index contributed by atoms with van der Waals surface area (Å²) in [5, 5.41) is 6.30. The van der Waals surface area contributed by atoms with Crippen molar-refractivity contribution in [2.45, 2.75) is 43.9 Å². The number of pyridine rings is 1. The van der Waals surface area contributed by atoms with Crippen molar-refractivity contribution >= 4 is 22.5 Å². The summed E-state index contributed by atoms with van der Waals surface area (Å²) in [7, 11) is 0. The third-order valence-electron chi connectivity index (χ3n) is 5.59. The summed E-state index contributed by atoms with van der Waals surface area (Å²) in [6.45, 7) is 0. The van der Waals surface area contributed by atoms with E-state index in [1.165, 1.54) is 36.4 Å². The van der Waals surface area contributed by atoms with Gasteiger partial charge in [-0.05, 0) is 74.2 Å². The molecular weight excluding hydrogens is 429 g/mol. The van der Waals surface area contributed by atoms with E-state index < -0.39 is 23.5 Å². The Kier molecular flexibility index (Phi) is 5.99. The van der Waals surface area contributed by atoms with Crippen molar-refractivity contribution in [1.29, 1.82) is 0 Å². The number of nitrogens with one attached hydrogen (secondary N) is 2. The minimum absolute atomic E-state index is 0.0592. The largest absolute Gasteiger partial charge is 0.433 e. The van der Waals surface area contributed by atoms with E-state index in [9.17, 15) is 26.7 Å². The second-order valence-electron chi connectivity index (χ2n) is 7.89. The molecule has 1 heterocycles. The van der Waals surface area contributed by atoms with E-state index in [0.29, 0.717) is 31.2 Å². The first kappa shape index (κ1) is 22.0. The molecule has 0 spiro atoms. The molecule has 1 amide bonds. The smallest absolute Gasteiger partial charge is 0.382 e. The molecule has 9 heteroatoms. The Labute approximate surface area is 180 Å². The van der Waals surface area contributed by atoms with Crippen molar-refractivity contribution in [3.05, 3.63) is 71.4 Å². The molecule has 0 atom stereocenters. The predicted molar refractivity (Wildman–Crippen MR) is 110 cm³/mol. The molecule has 0 unspecified atom stereocenters. The van der Waals surface area contributed by atoms with Gasteiger partial charge in [0.05, 0.1) is 5.52 Å². The number of benzene rings is 2. The van der Waals surface area contributed by atoms with Crippen LogP contribution in [0.2, 0.25) is 0 Å². The Bertz CT molecular complexity index is 1120. The maximum Gasteiger partial charge on any atom is 0.433 e. The lowest BCUT2D eigenvalue weighted by atomic mass is 9.90. The van der Waals surface area contributed by atoms with Crippen LogP contribution in [0.1, 0.15) is 41.7 Å². The van der Waals surface area contributed by atoms with E-state index in [1.807, 2.05) is 0 Å². The third-order valence-corrected chi connectivity index (χ3v) is 5.59. The Morgan fingerprint density at radius 3 is 2.16 bits per heavy atom. The first-order valence-corrected chi connectivity index (χ1v) is 10.2. The first-order valence-electron chi connectivity index (χ1n) is 10.2. The van der Waals surface area contributed by atoms with Gasteiger partial charge in [0, 0.05) is 28.7 Å². The SMILES string of the molecule is O=C(N[C@H]1CC[C@@H](Nc2cc(C(F)(F)F)nc3ccc(F)cc23)CC1)c1ccc(F)cc1. The number of hydrogen-bond acceptors (Lipinski definition) is 3. The zero-order valence-electron chi connectivity index (χ0n) is 16.8. The van der Waals surface area contributed by atoms with E-state index in [4.69, 9.17) is 0 Å². The van der Waals surface area contributed by atoms with Gasteiger partial charge in [-0.15, -0.1) is 0 Å². The minimum atomic E-state index is -4.62. The number of carbonyl (C=O) groups excluding carboxylic acids is 1. The summed E-state index contributed by atoms with van der Waals surface area (Å²) in [6, 6.07) is 9.39. The number of anilines is 1. The molecule has 1 fully saturated rings. The second kappa shape index (κ2) is 8.72. The maximum absolute atomic E-state index is 13.7. The van der Waals surface area contributed by atoms with Gasteiger partial charge >= 0.3 is 6.18 Å². The Hall–Kier alpha value is -3.23. The lowest BCUT2D eigenvalue weighted by Gasteiger charge is -2.30. The zero-order chi connectivity index (χ0) is 22.9. The third kappa shape index (κ3) is 4.98. The van der Waals surface area contributed by atoms with Crippen LogP contribution >= 0.6 is 0 Å². The lowest BCUT2D eigenvalue weighted by molar-refractivity contribution is -0.140. The number of carbonyl (C=O) groups is 1. The molecule has 0 bridgehead atoms. The van der Waals surface area contributed by atoms with Crippen LogP contribution in [-0.2, 0) is 6.18 Å². The number of hydrogen-bond donors (Lipinski definition) is 2. The van der Waals surface area contributed by atoms with Gasteiger partial charge in [-0.2, -0.15) is 13.2 Å². The summed E-state index contributed by atoms with van der Waals surface area (Å²) in [5.74, 6) is -1.29. The van der Waals surface area contributed by atoms with Crippen molar-refractivity contribution in [2.75, 3.05) is 5.32 Å². The van der Waals surface area contributed by atoms with E-state index in [-0.39, 0.29) is 34.6 Å². The van der Waals surface area contributed by atoms with Gasteiger partial charge in [-0.25, -0.2) is 13.8 Å². The number of rotatable bonds is 4. The van der Waals surface area contributed by atoms with E-state index in [0.717, 1.165) is 12.1 Å². The standard InChI is InChI=1S/C23H20F5N3O/c24-14-3-1-13(2-4-14)22(32)30-17-8-6-16(7-9-17)29-20-12-21(23(26,27)28)31-19-10-5-15(25)11-18(19)20/h1-5,10-12,16-17H,6-9H2,(H,29,31)(H,30,32)/t16-,17+.